The summed E-state index contributed by atoms with van der Waals surface area (Å²) in [4.78, 5) is 0. The first-order valence-electron chi connectivity index (χ1n) is 5.21. The fourth-order valence-electron chi connectivity index (χ4n) is 1.53. The summed E-state index contributed by atoms with van der Waals surface area (Å²) in [7, 11) is -3.92. The lowest BCUT2D eigenvalue weighted by Gasteiger charge is -2.10. The van der Waals surface area contributed by atoms with Gasteiger partial charge in [0, 0.05) is 6.54 Å². The van der Waals surface area contributed by atoms with Gasteiger partial charge in [-0.3, -0.25) is 4.57 Å². The average molecular weight is 271 g/mol. The molecule has 0 spiro atoms. The summed E-state index contributed by atoms with van der Waals surface area (Å²) in [6, 6.07) is 0. The van der Waals surface area contributed by atoms with Gasteiger partial charge in [0.05, 0.1) is 6.20 Å². The molecule has 98 valence electrons. The molecule has 0 fully saturated rings. The van der Waals surface area contributed by atoms with Crippen LogP contribution in [0.5, 0.6) is 0 Å². The Labute approximate surface area is 103 Å². The van der Waals surface area contributed by atoms with Crippen molar-refractivity contribution >= 4 is 10.0 Å². The molecule has 0 amide bonds. The molecular weight excluding hydrogens is 258 g/mol. The zero-order chi connectivity index (χ0) is 13.3. The highest BCUT2D eigenvalue weighted by Crippen LogP contribution is 2.18. The molecule has 10 heteroatoms. The van der Waals surface area contributed by atoms with E-state index in [9.17, 15) is 8.42 Å². The molecule has 0 saturated carbocycles. The number of rotatable bonds is 4. The number of hydrogen-bond acceptors (Lipinski definition) is 6. The van der Waals surface area contributed by atoms with Gasteiger partial charge in [-0.1, -0.05) is 13.8 Å². The molecule has 0 bridgehead atoms. The Kier molecular flexibility index (Phi) is 3.13. The van der Waals surface area contributed by atoms with E-state index >= 15 is 0 Å². The summed E-state index contributed by atoms with van der Waals surface area (Å²) in [5.41, 5.74) is 0.415. The molecule has 2 rings (SSSR count). The number of aromatic amines is 1. The minimum absolute atomic E-state index is 0.201. The summed E-state index contributed by atoms with van der Waals surface area (Å²) in [6.07, 6.45) is 1.44. The second-order valence-corrected chi connectivity index (χ2v) is 5.67. The Morgan fingerprint density at radius 1 is 1.44 bits per heavy atom. The quantitative estimate of drug-likeness (QED) is 0.760. The first-order valence-corrected chi connectivity index (χ1v) is 6.76. The zero-order valence-electron chi connectivity index (χ0n) is 9.90. The number of nitrogens with two attached hydrogens (primary N) is 1. The van der Waals surface area contributed by atoms with E-state index in [0.29, 0.717) is 18.1 Å². The van der Waals surface area contributed by atoms with Crippen LogP contribution in [0.1, 0.15) is 13.8 Å². The molecule has 9 nitrogen and oxygen atoms in total. The smallest absolute Gasteiger partial charge is 0.273 e. The molecule has 18 heavy (non-hydrogen) atoms. The van der Waals surface area contributed by atoms with E-state index in [1.807, 2.05) is 13.8 Å². The topological polar surface area (TPSA) is 132 Å². The van der Waals surface area contributed by atoms with E-state index in [2.05, 4.69) is 25.6 Å². The number of sulfonamides is 1. The van der Waals surface area contributed by atoms with Crippen molar-refractivity contribution in [2.75, 3.05) is 0 Å². The SMILES string of the molecule is CC(C)Cn1c(-c2cn[nH]n2)nnc1S(N)(=O)=O. The van der Waals surface area contributed by atoms with Crippen LogP contribution in [0.3, 0.4) is 0 Å². The van der Waals surface area contributed by atoms with E-state index in [-0.39, 0.29) is 11.1 Å². The molecule has 3 N–H and O–H groups in total. The van der Waals surface area contributed by atoms with E-state index in [0.717, 1.165) is 0 Å². The lowest BCUT2D eigenvalue weighted by Crippen LogP contribution is -2.20. The molecule has 0 aliphatic heterocycles. The van der Waals surface area contributed by atoms with Crippen molar-refractivity contribution in [1.82, 2.24) is 30.2 Å². The fourth-order valence-corrected chi connectivity index (χ4v) is 2.15. The van der Waals surface area contributed by atoms with Gasteiger partial charge in [-0.25, -0.2) is 13.6 Å². The summed E-state index contributed by atoms with van der Waals surface area (Å²) in [5, 5.41) is 22.2. The van der Waals surface area contributed by atoms with Crippen LogP contribution in [0.25, 0.3) is 11.5 Å². The van der Waals surface area contributed by atoms with Gasteiger partial charge in [-0.05, 0) is 5.92 Å². The largest absolute Gasteiger partial charge is 0.295 e. The maximum atomic E-state index is 11.4. The fraction of sp³-hybridized carbons (Fsp3) is 0.500. The van der Waals surface area contributed by atoms with E-state index < -0.39 is 10.0 Å². The van der Waals surface area contributed by atoms with Gasteiger partial charge in [0.2, 0.25) is 0 Å². The van der Waals surface area contributed by atoms with Gasteiger partial charge in [-0.15, -0.1) is 10.2 Å². The molecule has 0 radical (unpaired) electrons. The predicted molar refractivity (Wildman–Crippen MR) is 61.6 cm³/mol. The molecule has 0 aliphatic rings. The Morgan fingerprint density at radius 2 is 2.17 bits per heavy atom. The van der Waals surface area contributed by atoms with Gasteiger partial charge < -0.3 is 0 Å². The van der Waals surface area contributed by atoms with Gasteiger partial charge in [0.15, 0.2) is 5.82 Å². The van der Waals surface area contributed by atoms with Crippen LogP contribution in [0.15, 0.2) is 11.4 Å². The molecule has 2 aromatic rings. The minimum Gasteiger partial charge on any atom is -0.295 e. The van der Waals surface area contributed by atoms with Crippen LogP contribution in [0.4, 0.5) is 0 Å². The molecular formula is C8H13N7O2S. The third-order valence-electron chi connectivity index (χ3n) is 2.16. The van der Waals surface area contributed by atoms with Crippen molar-refractivity contribution in [3.8, 4) is 11.5 Å². The summed E-state index contributed by atoms with van der Waals surface area (Å²) < 4.78 is 24.3. The molecule has 0 unspecified atom stereocenters. The molecule has 0 aliphatic carbocycles. The van der Waals surface area contributed by atoms with Crippen LogP contribution in [-0.4, -0.2) is 38.6 Å². The number of nitrogens with one attached hydrogen (secondary N) is 1. The third kappa shape index (κ3) is 2.38. The normalized spacial score (nSPS) is 12.2. The van der Waals surface area contributed by atoms with Crippen LogP contribution in [0, 0.1) is 5.92 Å². The van der Waals surface area contributed by atoms with Crippen LogP contribution < -0.4 is 5.14 Å². The summed E-state index contributed by atoms with van der Waals surface area (Å²) in [6.45, 7) is 4.31. The lowest BCUT2D eigenvalue weighted by molar-refractivity contribution is 0.486. The first-order chi connectivity index (χ1) is 8.39. The monoisotopic (exact) mass is 271 g/mol. The minimum atomic E-state index is -3.92. The zero-order valence-corrected chi connectivity index (χ0v) is 10.7. The molecule has 2 heterocycles. The molecule has 2 aromatic heterocycles. The van der Waals surface area contributed by atoms with Crippen molar-refractivity contribution in [2.24, 2.45) is 11.1 Å². The second-order valence-electron chi connectivity index (χ2n) is 4.21. The second kappa shape index (κ2) is 4.46. The number of nitrogens with zero attached hydrogens (tertiary/aromatic N) is 5. The highest BCUT2D eigenvalue weighted by molar-refractivity contribution is 7.89. The highest BCUT2D eigenvalue weighted by Gasteiger charge is 2.23. The molecule has 0 atom stereocenters. The molecule has 0 aromatic carbocycles. The number of H-pyrrole nitrogens is 1. The van der Waals surface area contributed by atoms with Crippen LogP contribution in [-0.2, 0) is 16.6 Å². The van der Waals surface area contributed by atoms with Gasteiger partial charge >= 0.3 is 0 Å². The first kappa shape index (κ1) is 12.6. The third-order valence-corrected chi connectivity index (χ3v) is 2.97. The van der Waals surface area contributed by atoms with Gasteiger partial charge in [-0.2, -0.15) is 15.4 Å². The molecule has 0 saturated heterocycles. The Morgan fingerprint density at radius 3 is 2.67 bits per heavy atom. The maximum absolute atomic E-state index is 11.4. The highest BCUT2D eigenvalue weighted by atomic mass is 32.2. The van der Waals surface area contributed by atoms with Crippen molar-refractivity contribution in [3.63, 3.8) is 0 Å². The van der Waals surface area contributed by atoms with E-state index in [4.69, 9.17) is 5.14 Å². The average Bonchev–Trinajstić information content (AvgIpc) is 2.81. The summed E-state index contributed by atoms with van der Waals surface area (Å²) in [5.74, 6) is 0.522. The predicted octanol–water partition coefficient (Wildman–Crippen LogP) is -0.633. The number of hydrogen-bond donors (Lipinski definition) is 2. The van der Waals surface area contributed by atoms with Gasteiger partial charge in [0.1, 0.15) is 5.69 Å². The van der Waals surface area contributed by atoms with Crippen LogP contribution >= 0.6 is 0 Å². The maximum Gasteiger partial charge on any atom is 0.273 e. The van der Waals surface area contributed by atoms with Crippen LogP contribution in [0.2, 0.25) is 0 Å². The van der Waals surface area contributed by atoms with Crippen molar-refractivity contribution in [3.05, 3.63) is 6.20 Å². The summed E-state index contributed by atoms with van der Waals surface area (Å²) >= 11 is 0. The number of aromatic nitrogens is 6. The van der Waals surface area contributed by atoms with E-state index in [1.165, 1.54) is 10.8 Å². The van der Waals surface area contributed by atoms with Gasteiger partial charge in [0.25, 0.3) is 15.2 Å². The van der Waals surface area contributed by atoms with Crippen molar-refractivity contribution < 1.29 is 8.42 Å². The number of primary sulfonamides is 1. The standard InChI is InChI=1S/C8H13N7O2S/c1-5(2)4-15-7(6-3-10-14-11-6)12-13-8(15)18(9,16)17/h3,5H,4H2,1-2H3,(H2,9,16,17)(H,10,11,14). The Balaban J connectivity index is 2.58. The van der Waals surface area contributed by atoms with Crippen molar-refractivity contribution in [2.45, 2.75) is 25.5 Å². The van der Waals surface area contributed by atoms with Crippen molar-refractivity contribution in [1.29, 1.82) is 0 Å². The Bertz CT molecular complexity index is 628. The lowest BCUT2D eigenvalue weighted by atomic mass is 10.2. The Hall–Kier alpha value is -1.81. The van der Waals surface area contributed by atoms with E-state index in [1.54, 1.807) is 0 Å².